The first-order valence-electron chi connectivity index (χ1n) is 11.2. The Morgan fingerprint density at radius 3 is 2.14 bits per heavy atom. The highest BCUT2D eigenvalue weighted by atomic mass is 16.2. The molecule has 1 N–H and O–H groups in total. The van der Waals surface area contributed by atoms with Crippen LogP contribution in [0.3, 0.4) is 0 Å². The number of likely N-dealkylation sites (tertiary alicyclic amines) is 1. The fourth-order valence-corrected chi connectivity index (χ4v) is 6.58. The largest absolute Gasteiger partial charge is 0.326 e. The van der Waals surface area contributed by atoms with Gasteiger partial charge in [0.15, 0.2) is 0 Å². The second-order valence-electron chi connectivity index (χ2n) is 9.74. The van der Waals surface area contributed by atoms with E-state index in [9.17, 15) is 14.4 Å². The van der Waals surface area contributed by atoms with E-state index in [4.69, 9.17) is 0 Å². The number of aryl methyl sites for hydroxylation is 2. The lowest BCUT2D eigenvalue weighted by Gasteiger charge is -2.33. The normalized spacial score (nSPS) is 35.9. The average molecular weight is 395 g/mol. The zero-order valence-electron chi connectivity index (χ0n) is 17.3. The molecule has 1 aromatic rings. The minimum atomic E-state index is -0.0459. The van der Waals surface area contributed by atoms with Gasteiger partial charge in [-0.1, -0.05) is 17.7 Å². The summed E-state index contributed by atoms with van der Waals surface area (Å²) in [5.74, 6) is 1.00. The molecule has 29 heavy (non-hydrogen) atoms. The molecule has 3 saturated carbocycles. The van der Waals surface area contributed by atoms with Gasteiger partial charge < -0.3 is 5.32 Å². The van der Waals surface area contributed by atoms with Crippen molar-refractivity contribution in [2.24, 2.45) is 29.6 Å². The van der Waals surface area contributed by atoms with Crippen LogP contribution in [-0.2, 0) is 14.4 Å². The number of benzene rings is 1. The molecule has 4 aliphatic rings. The van der Waals surface area contributed by atoms with E-state index in [2.05, 4.69) is 11.4 Å². The number of imide groups is 1. The number of fused-ring (bicyclic) bond motifs is 5. The zero-order valence-corrected chi connectivity index (χ0v) is 17.3. The Balaban J connectivity index is 1.21. The summed E-state index contributed by atoms with van der Waals surface area (Å²) >= 11 is 0. The highest BCUT2D eigenvalue weighted by Gasteiger charge is 2.61. The molecular formula is C24H30N2O3. The van der Waals surface area contributed by atoms with Gasteiger partial charge in [0.25, 0.3) is 0 Å². The molecule has 3 amide bonds. The van der Waals surface area contributed by atoms with Crippen LogP contribution in [0, 0.1) is 43.4 Å². The topological polar surface area (TPSA) is 66.5 Å². The van der Waals surface area contributed by atoms with Gasteiger partial charge in [0, 0.05) is 17.6 Å². The molecule has 5 heteroatoms. The van der Waals surface area contributed by atoms with Crippen LogP contribution in [0.25, 0.3) is 0 Å². The Kier molecular flexibility index (Phi) is 4.52. The third-order valence-electron chi connectivity index (χ3n) is 8.03. The van der Waals surface area contributed by atoms with E-state index in [1.54, 1.807) is 4.90 Å². The van der Waals surface area contributed by atoms with Crippen molar-refractivity contribution < 1.29 is 14.4 Å². The number of rotatable bonds is 3. The molecule has 1 aliphatic heterocycles. The van der Waals surface area contributed by atoms with Crippen molar-refractivity contribution in [1.29, 1.82) is 0 Å². The van der Waals surface area contributed by atoms with Crippen molar-refractivity contribution in [3.05, 3.63) is 29.3 Å². The number of anilines is 1. The number of carbonyl (C=O) groups excluding carboxylic acids is 3. The molecule has 5 rings (SSSR count). The van der Waals surface area contributed by atoms with E-state index in [-0.39, 0.29) is 41.5 Å². The molecule has 154 valence electrons. The third-order valence-corrected chi connectivity index (χ3v) is 8.03. The summed E-state index contributed by atoms with van der Waals surface area (Å²) in [4.78, 5) is 40.4. The van der Waals surface area contributed by atoms with Gasteiger partial charge >= 0.3 is 0 Å². The van der Waals surface area contributed by atoms with Crippen molar-refractivity contribution in [2.45, 2.75) is 64.8 Å². The molecule has 5 nitrogen and oxygen atoms in total. The van der Waals surface area contributed by atoms with Crippen LogP contribution in [0.1, 0.15) is 56.1 Å². The number of hydrogen-bond donors (Lipinski definition) is 1. The molecule has 0 aromatic heterocycles. The quantitative estimate of drug-likeness (QED) is 0.793. The lowest BCUT2D eigenvalue weighted by Crippen LogP contribution is -2.44. The van der Waals surface area contributed by atoms with E-state index in [0.29, 0.717) is 11.8 Å². The van der Waals surface area contributed by atoms with Crippen molar-refractivity contribution in [3.63, 3.8) is 0 Å². The highest BCUT2D eigenvalue weighted by molar-refractivity contribution is 6.06. The molecule has 3 aliphatic carbocycles. The molecule has 0 spiro atoms. The first-order valence-corrected chi connectivity index (χ1v) is 11.2. The van der Waals surface area contributed by atoms with E-state index < -0.39 is 0 Å². The van der Waals surface area contributed by atoms with Crippen molar-refractivity contribution in [3.8, 4) is 0 Å². The minimum Gasteiger partial charge on any atom is -0.326 e. The maximum atomic E-state index is 13.0. The molecule has 1 saturated heterocycles. The summed E-state index contributed by atoms with van der Waals surface area (Å²) in [7, 11) is 0. The van der Waals surface area contributed by atoms with Crippen LogP contribution in [0.15, 0.2) is 18.2 Å². The molecule has 4 unspecified atom stereocenters. The Labute approximate surface area is 172 Å². The van der Waals surface area contributed by atoms with Gasteiger partial charge in [-0.25, -0.2) is 0 Å². The predicted octanol–water partition coefficient (Wildman–Crippen LogP) is 3.83. The van der Waals surface area contributed by atoms with Crippen molar-refractivity contribution in [2.75, 3.05) is 5.32 Å². The van der Waals surface area contributed by atoms with Crippen LogP contribution < -0.4 is 5.32 Å². The molecule has 4 fully saturated rings. The van der Waals surface area contributed by atoms with Crippen LogP contribution >= 0.6 is 0 Å². The summed E-state index contributed by atoms with van der Waals surface area (Å²) in [5, 5.41) is 3.07. The van der Waals surface area contributed by atoms with Gasteiger partial charge in [-0.05, 0) is 82.3 Å². The number of carbonyl (C=O) groups is 3. The Morgan fingerprint density at radius 2 is 1.55 bits per heavy atom. The number of hydrogen-bond acceptors (Lipinski definition) is 3. The molecule has 0 radical (unpaired) electrons. The minimum absolute atomic E-state index is 0.00911. The van der Waals surface area contributed by atoms with Crippen LogP contribution in [0.2, 0.25) is 0 Å². The summed E-state index contributed by atoms with van der Waals surface area (Å²) < 4.78 is 0. The zero-order chi connectivity index (χ0) is 20.3. The van der Waals surface area contributed by atoms with Crippen LogP contribution in [-0.4, -0.2) is 28.7 Å². The Morgan fingerprint density at radius 1 is 0.931 bits per heavy atom. The second kappa shape index (κ2) is 6.96. The Bertz CT molecular complexity index is 843. The molecule has 2 bridgehead atoms. The first kappa shape index (κ1) is 18.8. The lowest BCUT2D eigenvalue weighted by atomic mass is 9.81. The highest BCUT2D eigenvalue weighted by Crippen LogP contribution is 2.56. The van der Waals surface area contributed by atoms with Crippen molar-refractivity contribution >= 4 is 23.4 Å². The van der Waals surface area contributed by atoms with Gasteiger partial charge in [-0.15, -0.1) is 0 Å². The van der Waals surface area contributed by atoms with Gasteiger partial charge in [0.05, 0.1) is 11.8 Å². The third kappa shape index (κ3) is 3.01. The second-order valence-corrected chi connectivity index (χ2v) is 9.74. The monoisotopic (exact) mass is 394 g/mol. The van der Waals surface area contributed by atoms with E-state index in [1.165, 1.54) is 5.56 Å². The summed E-state index contributed by atoms with van der Waals surface area (Å²) in [5.41, 5.74) is 3.12. The van der Waals surface area contributed by atoms with Gasteiger partial charge in [0.1, 0.15) is 0 Å². The van der Waals surface area contributed by atoms with Gasteiger partial charge in [-0.2, -0.15) is 0 Å². The number of nitrogens with zero attached hydrogens (tertiary/aromatic N) is 1. The molecular weight excluding hydrogens is 364 g/mol. The van der Waals surface area contributed by atoms with E-state index in [0.717, 1.165) is 56.2 Å². The number of nitrogens with one attached hydrogen (secondary N) is 1. The molecule has 4 atom stereocenters. The molecule has 1 heterocycles. The fraction of sp³-hybridized carbons (Fsp3) is 0.625. The van der Waals surface area contributed by atoms with Gasteiger partial charge in [-0.3, -0.25) is 19.3 Å². The Hall–Kier alpha value is -2.17. The molecule has 1 aromatic carbocycles. The summed E-state index contributed by atoms with van der Waals surface area (Å²) in [6, 6.07) is 6.03. The smallest absolute Gasteiger partial charge is 0.233 e. The van der Waals surface area contributed by atoms with Crippen molar-refractivity contribution in [1.82, 2.24) is 4.90 Å². The number of amides is 3. The van der Waals surface area contributed by atoms with Crippen LogP contribution in [0.5, 0.6) is 0 Å². The van der Waals surface area contributed by atoms with Crippen LogP contribution in [0.4, 0.5) is 5.69 Å². The summed E-state index contributed by atoms with van der Waals surface area (Å²) in [6.45, 7) is 4.05. The predicted molar refractivity (Wildman–Crippen MR) is 110 cm³/mol. The SMILES string of the molecule is Cc1ccc(NC(=O)C2CCC(N3C(=O)C4C5CCC(C5)C4C3=O)CC2)c(C)c1. The van der Waals surface area contributed by atoms with E-state index >= 15 is 0 Å². The lowest BCUT2D eigenvalue weighted by molar-refractivity contribution is -0.144. The average Bonchev–Trinajstić information content (AvgIpc) is 3.38. The fourth-order valence-electron chi connectivity index (χ4n) is 6.58. The standard InChI is InChI=1S/C24H30N2O3/c1-13-3-10-19(14(2)11-13)25-22(27)15-6-8-18(9-7-15)26-23(28)20-16-4-5-17(12-16)21(20)24(26)29/h3,10-11,15-18,20-21H,4-9,12H2,1-2H3,(H,25,27). The maximum Gasteiger partial charge on any atom is 0.233 e. The van der Waals surface area contributed by atoms with E-state index in [1.807, 2.05) is 26.0 Å². The summed E-state index contributed by atoms with van der Waals surface area (Å²) in [6.07, 6.45) is 6.27. The first-order chi connectivity index (χ1) is 13.9. The maximum absolute atomic E-state index is 13.0. The van der Waals surface area contributed by atoms with Gasteiger partial charge in [0.2, 0.25) is 17.7 Å².